The Balaban J connectivity index is 2.01. The van der Waals surface area contributed by atoms with E-state index < -0.39 is 5.97 Å². The van der Waals surface area contributed by atoms with Gasteiger partial charge in [-0.1, -0.05) is 48.9 Å². The Morgan fingerprint density at radius 2 is 1.62 bits per heavy atom. The Hall–Kier alpha value is -2.92. The van der Waals surface area contributed by atoms with E-state index in [1.54, 1.807) is 0 Å². The van der Waals surface area contributed by atoms with Gasteiger partial charge in [-0.3, -0.25) is 4.79 Å². The molecular weight excluding hydrogens is 382 g/mol. The number of ether oxygens (including phenoxy) is 1. The lowest BCUT2D eigenvalue weighted by atomic mass is 9.99. The van der Waals surface area contributed by atoms with Gasteiger partial charge in [-0.15, -0.1) is 11.3 Å². The van der Waals surface area contributed by atoms with E-state index in [2.05, 4.69) is 12.2 Å². The van der Waals surface area contributed by atoms with E-state index >= 15 is 0 Å². The van der Waals surface area contributed by atoms with E-state index in [-0.39, 0.29) is 5.91 Å². The van der Waals surface area contributed by atoms with Crippen LogP contribution in [0, 0.1) is 20.8 Å². The predicted octanol–water partition coefficient (Wildman–Crippen LogP) is 5.94. The summed E-state index contributed by atoms with van der Waals surface area (Å²) in [4.78, 5) is 25.5. The normalized spacial score (nSPS) is 10.7. The maximum atomic E-state index is 13.0. The van der Waals surface area contributed by atoms with E-state index in [1.165, 1.54) is 24.0 Å². The molecule has 0 aliphatic carbocycles. The van der Waals surface area contributed by atoms with Crippen LogP contribution < -0.4 is 5.32 Å². The van der Waals surface area contributed by atoms with Crippen molar-refractivity contribution in [1.82, 2.24) is 0 Å². The number of anilines is 1. The molecule has 0 saturated heterocycles. The third-order valence-electron chi connectivity index (χ3n) is 4.98. The average Bonchev–Trinajstić information content (AvgIpc) is 3.10. The van der Waals surface area contributed by atoms with Crippen LogP contribution in [0.3, 0.4) is 0 Å². The molecule has 150 valence electrons. The number of benzene rings is 2. The predicted molar refractivity (Wildman–Crippen MR) is 119 cm³/mol. The summed E-state index contributed by atoms with van der Waals surface area (Å²) in [5.41, 5.74) is 6.85. The largest absolute Gasteiger partial charge is 0.465 e. The summed E-state index contributed by atoms with van der Waals surface area (Å²) in [7, 11) is 1.35. The number of aryl methyl sites for hydroxylation is 4. The molecule has 0 saturated carbocycles. The lowest BCUT2D eigenvalue weighted by molar-refractivity contribution is 0.0603. The van der Waals surface area contributed by atoms with Crippen molar-refractivity contribution in [2.24, 2.45) is 0 Å². The van der Waals surface area contributed by atoms with Gasteiger partial charge in [0.2, 0.25) is 0 Å². The molecule has 1 heterocycles. The molecule has 1 amide bonds. The average molecular weight is 408 g/mol. The van der Waals surface area contributed by atoms with Crippen molar-refractivity contribution >= 4 is 28.2 Å². The highest BCUT2D eigenvalue weighted by Crippen LogP contribution is 2.36. The number of esters is 1. The molecular formula is C24H25NO3S. The zero-order valence-corrected chi connectivity index (χ0v) is 18.2. The quantitative estimate of drug-likeness (QED) is 0.532. The standard InChI is InChI=1S/C24H25NO3S/c1-6-17-7-9-18(10-8-17)19-13-29-23(21(19)24(27)28-5)25-22(26)20-15(3)11-14(2)12-16(20)4/h7-13H,6H2,1-5H3,(H,25,26). The third kappa shape index (κ3) is 4.25. The van der Waals surface area contributed by atoms with Gasteiger partial charge in [-0.2, -0.15) is 0 Å². The monoisotopic (exact) mass is 407 g/mol. The van der Waals surface area contributed by atoms with Crippen LogP contribution in [0.1, 0.15) is 49.9 Å². The van der Waals surface area contributed by atoms with Crippen LogP contribution in [-0.4, -0.2) is 19.0 Å². The van der Waals surface area contributed by atoms with Crippen LogP contribution in [0.2, 0.25) is 0 Å². The van der Waals surface area contributed by atoms with E-state index in [1.807, 2.05) is 62.5 Å². The van der Waals surface area contributed by atoms with Crippen LogP contribution in [0.15, 0.2) is 41.8 Å². The molecule has 1 aromatic heterocycles. The van der Waals surface area contributed by atoms with Gasteiger partial charge in [0.05, 0.1) is 7.11 Å². The molecule has 0 radical (unpaired) electrons. The number of methoxy groups -OCH3 is 1. The summed E-state index contributed by atoms with van der Waals surface area (Å²) in [6, 6.07) is 12.0. The smallest absolute Gasteiger partial charge is 0.341 e. The van der Waals surface area contributed by atoms with Crippen molar-refractivity contribution in [3.05, 3.63) is 75.2 Å². The topological polar surface area (TPSA) is 55.4 Å². The van der Waals surface area contributed by atoms with E-state index in [9.17, 15) is 9.59 Å². The molecule has 5 heteroatoms. The summed E-state index contributed by atoms with van der Waals surface area (Å²) in [6.45, 7) is 7.95. The fourth-order valence-corrected chi connectivity index (χ4v) is 4.54. The Kier molecular flexibility index (Phi) is 6.18. The van der Waals surface area contributed by atoms with Gasteiger partial charge < -0.3 is 10.1 Å². The molecule has 0 bridgehead atoms. The number of amides is 1. The van der Waals surface area contributed by atoms with Gasteiger partial charge in [0.1, 0.15) is 10.6 Å². The van der Waals surface area contributed by atoms with Gasteiger partial charge in [0.15, 0.2) is 0 Å². The van der Waals surface area contributed by atoms with Crippen molar-refractivity contribution < 1.29 is 14.3 Å². The van der Waals surface area contributed by atoms with E-state index in [0.29, 0.717) is 16.1 Å². The first-order chi connectivity index (χ1) is 13.8. The minimum absolute atomic E-state index is 0.222. The van der Waals surface area contributed by atoms with Crippen molar-refractivity contribution in [3.63, 3.8) is 0 Å². The molecule has 4 nitrogen and oxygen atoms in total. The summed E-state index contributed by atoms with van der Waals surface area (Å²) in [5, 5.41) is 5.32. The molecule has 1 N–H and O–H groups in total. The molecule has 3 aromatic rings. The molecule has 29 heavy (non-hydrogen) atoms. The molecule has 0 spiro atoms. The van der Waals surface area contributed by atoms with E-state index in [4.69, 9.17) is 4.74 Å². The van der Waals surface area contributed by atoms with Crippen molar-refractivity contribution in [1.29, 1.82) is 0 Å². The second kappa shape index (κ2) is 8.62. The maximum absolute atomic E-state index is 13.0. The highest BCUT2D eigenvalue weighted by Gasteiger charge is 2.23. The summed E-state index contributed by atoms with van der Waals surface area (Å²) >= 11 is 1.33. The Morgan fingerprint density at radius 1 is 1.00 bits per heavy atom. The third-order valence-corrected chi connectivity index (χ3v) is 5.88. The second-order valence-electron chi connectivity index (χ2n) is 7.12. The van der Waals surface area contributed by atoms with Crippen molar-refractivity contribution in [3.8, 4) is 11.1 Å². The highest BCUT2D eigenvalue weighted by atomic mass is 32.1. The second-order valence-corrected chi connectivity index (χ2v) is 8.00. The van der Waals surface area contributed by atoms with Gasteiger partial charge in [0, 0.05) is 16.5 Å². The number of rotatable bonds is 5. The summed E-state index contributed by atoms with van der Waals surface area (Å²) in [6.07, 6.45) is 0.949. The van der Waals surface area contributed by atoms with Crippen LogP contribution in [-0.2, 0) is 11.2 Å². The highest BCUT2D eigenvalue weighted by molar-refractivity contribution is 7.15. The Morgan fingerprint density at radius 3 is 2.17 bits per heavy atom. The first kappa shape index (κ1) is 20.8. The molecule has 0 aliphatic rings. The number of thiophene rings is 1. The zero-order valence-electron chi connectivity index (χ0n) is 17.4. The van der Waals surface area contributed by atoms with Crippen LogP contribution >= 0.6 is 11.3 Å². The maximum Gasteiger partial charge on any atom is 0.341 e. The van der Waals surface area contributed by atoms with E-state index in [0.717, 1.165) is 34.2 Å². The molecule has 2 aromatic carbocycles. The SMILES string of the molecule is CCc1ccc(-c2csc(NC(=O)c3c(C)cc(C)cc3C)c2C(=O)OC)cc1. The van der Waals surface area contributed by atoms with Crippen LogP contribution in [0.5, 0.6) is 0 Å². The molecule has 0 unspecified atom stereocenters. The van der Waals surface area contributed by atoms with Crippen LogP contribution in [0.25, 0.3) is 11.1 Å². The lowest BCUT2D eigenvalue weighted by Crippen LogP contribution is -2.16. The number of carbonyl (C=O) groups is 2. The molecule has 0 atom stereocenters. The summed E-state index contributed by atoms with van der Waals surface area (Å²) in [5.74, 6) is -0.687. The fourth-order valence-electron chi connectivity index (χ4n) is 3.59. The molecule has 0 aliphatic heterocycles. The lowest BCUT2D eigenvalue weighted by Gasteiger charge is -2.12. The number of nitrogens with one attached hydrogen (secondary N) is 1. The minimum Gasteiger partial charge on any atom is -0.465 e. The number of hydrogen-bond donors (Lipinski definition) is 1. The first-order valence-corrected chi connectivity index (χ1v) is 10.4. The van der Waals surface area contributed by atoms with Gasteiger partial charge >= 0.3 is 5.97 Å². The fraction of sp³-hybridized carbons (Fsp3) is 0.250. The minimum atomic E-state index is -0.464. The first-order valence-electron chi connectivity index (χ1n) is 9.54. The number of carbonyl (C=O) groups excluding carboxylic acids is 2. The van der Waals surface area contributed by atoms with Crippen molar-refractivity contribution in [2.45, 2.75) is 34.1 Å². The Labute approximate surface area is 175 Å². The molecule has 3 rings (SSSR count). The number of hydrogen-bond acceptors (Lipinski definition) is 4. The Bertz CT molecular complexity index is 1040. The van der Waals surface area contributed by atoms with Crippen LogP contribution in [0.4, 0.5) is 5.00 Å². The van der Waals surface area contributed by atoms with Gasteiger partial charge in [-0.25, -0.2) is 4.79 Å². The summed E-state index contributed by atoms with van der Waals surface area (Å²) < 4.78 is 5.01. The van der Waals surface area contributed by atoms with Crippen molar-refractivity contribution in [2.75, 3.05) is 12.4 Å². The van der Waals surface area contributed by atoms with Gasteiger partial charge in [-0.05, 0) is 49.4 Å². The van der Waals surface area contributed by atoms with Gasteiger partial charge in [0.25, 0.3) is 5.91 Å². The zero-order chi connectivity index (χ0) is 21.1. The molecule has 0 fully saturated rings.